The van der Waals surface area contributed by atoms with Gasteiger partial charge in [0.05, 0.1) is 19.2 Å². The number of aromatic nitrogens is 1. The predicted octanol–water partition coefficient (Wildman–Crippen LogP) is 3.78. The van der Waals surface area contributed by atoms with E-state index in [0.717, 1.165) is 11.3 Å². The van der Waals surface area contributed by atoms with E-state index in [1.54, 1.807) is 36.4 Å². The van der Waals surface area contributed by atoms with Crippen LogP contribution in [0.2, 0.25) is 0 Å². The molecule has 2 amide bonds. The van der Waals surface area contributed by atoms with Crippen molar-refractivity contribution in [1.29, 1.82) is 0 Å². The number of hydrogen-bond donors (Lipinski definition) is 2. The second-order valence-electron chi connectivity index (χ2n) is 6.13. The SMILES string of the molecule is COC(=O)c1ccc(NC(=O)NCc2cccn2Cc2ccc(F)cc2)cc1. The fourth-order valence-corrected chi connectivity index (χ4v) is 2.70. The highest BCUT2D eigenvalue weighted by Crippen LogP contribution is 2.11. The minimum Gasteiger partial charge on any atom is -0.465 e. The molecule has 0 fully saturated rings. The first-order valence-corrected chi connectivity index (χ1v) is 8.67. The number of benzene rings is 2. The van der Waals surface area contributed by atoms with Gasteiger partial charge in [-0.1, -0.05) is 12.1 Å². The zero-order valence-electron chi connectivity index (χ0n) is 15.3. The fourth-order valence-electron chi connectivity index (χ4n) is 2.70. The maximum absolute atomic E-state index is 13.0. The summed E-state index contributed by atoms with van der Waals surface area (Å²) in [5.74, 6) is -0.702. The number of ether oxygens (including phenoxy) is 1. The number of carbonyl (C=O) groups excluding carboxylic acids is 2. The van der Waals surface area contributed by atoms with E-state index >= 15 is 0 Å². The molecule has 2 N–H and O–H groups in total. The van der Waals surface area contributed by atoms with E-state index in [0.29, 0.717) is 24.3 Å². The number of esters is 1. The normalized spacial score (nSPS) is 10.4. The van der Waals surface area contributed by atoms with Crippen LogP contribution < -0.4 is 10.6 Å². The Morgan fingerprint density at radius 3 is 2.43 bits per heavy atom. The van der Waals surface area contributed by atoms with E-state index in [1.807, 2.05) is 22.9 Å². The summed E-state index contributed by atoms with van der Waals surface area (Å²) < 4.78 is 19.7. The Labute approximate surface area is 161 Å². The summed E-state index contributed by atoms with van der Waals surface area (Å²) in [6.07, 6.45) is 1.91. The van der Waals surface area contributed by atoms with Crippen LogP contribution in [0.3, 0.4) is 0 Å². The molecule has 0 aliphatic carbocycles. The minimum absolute atomic E-state index is 0.269. The molecule has 0 radical (unpaired) electrons. The molecule has 144 valence electrons. The Balaban J connectivity index is 1.54. The second kappa shape index (κ2) is 8.85. The summed E-state index contributed by atoms with van der Waals surface area (Å²) in [5.41, 5.74) is 2.86. The Kier molecular flexibility index (Phi) is 6.06. The largest absolute Gasteiger partial charge is 0.465 e. The summed E-state index contributed by atoms with van der Waals surface area (Å²) in [7, 11) is 1.31. The van der Waals surface area contributed by atoms with E-state index in [1.165, 1.54) is 19.2 Å². The molecule has 3 rings (SSSR count). The molecule has 1 aromatic heterocycles. The van der Waals surface area contributed by atoms with Crippen molar-refractivity contribution in [3.63, 3.8) is 0 Å². The van der Waals surface area contributed by atoms with Crippen molar-refractivity contribution in [2.45, 2.75) is 13.1 Å². The highest BCUT2D eigenvalue weighted by atomic mass is 19.1. The van der Waals surface area contributed by atoms with Gasteiger partial charge in [0, 0.05) is 24.1 Å². The van der Waals surface area contributed by atoms with Gasteiger partial charge < -0.3 is 19.9 Å². The number of amides is 2. The Morgan fingerprint density at radius 2 is 1.75 bits per heavy atom. The molecule has 0 aliphatic heterocycles. The number of methoxy groups -OCH3 is 1. The average Bonchev–Trinajstić information content (AvgIpc) is 3.15. The molecule has 1 heterocycles. The first kappa shape index (κ1) is 19.2. The molecule has 0 aliphatic rings. The van der Waals surface area contributed by atoms with Gasteiger partial charge in [-0.25, -0.2) is 14.0 Å². The van der Waals surface area contributed by atoms with Crippen LogP contribution in [0.4, 0.5) is 14.9 Å². The van der Waals surface area contributed by atoms with Crippen LogP contribution in [-0.2, 0) is 17.8 Å². The summed E-state index contributed by atoms with van der Waals surface area (Å²) in [6.45, 7) is 0.918. The van der Waals surface area contributed by atoms with Gasteiger partial charge in [-0.3, -0.25) is 0 Å². The molecule has 28 heavy (non-hydrogen) atoms. The molecule has 0 unspecified atom stereocenters. The van der Waals surface area contributed by atoms with Crippen molar-refractivity contribution in [2.24, 2.45) is 0 Å². The monoisotopic (exact) mass is 381 g/mol. The van der Waals surface area contributed by atoms with Gasteiger partial charge in [-0.15, -0.1) is 0 Å². The van der Waals surface area contributed by atoms with E-state index < -0.39 is 5.97 Å². The third kappa shape index (κ3) is 4.97. The highest BCUT2D eigenvalue weighted by Gasteiger charge is 2.08. The van der Waals surface area contributed by atoms with Crippen LogP contribution >= 0.6 is 0 Å². The number of halogens is 1. The maximum atomic E-state index is 13.0. The number of rotatable bonds is 6. The lowest BCUT2D eigenvalue weighted by Gasteiger charge is -2.11. The molecule has 0 bridgehead atoms. The van der Waals surface area contributed by atoms with Crippen molar-refractivity contribution in [3.05, 3.63) is 89.5 Å². The van der Waals surface area contributed by atoms with Gasteiger partial charge in [0.25, 0.3) is 0 Å². The van der Waals surface area contributed by atoms with E-state index in [2.05, 4.69) is 15.4 Å². The number of anilines is 1. The third-order valence-electron chi connectivity index (χ3n) is 4.18. The van der Waals surface area contributed by atoms with Crippen molar-refractivity contribution < 1.29 is 18.7 Å². The average molecular weight is 381 g/mol. The Bertz CT molecular complexity index is 950. The number of urea groups is 1. The molecular weight excluding hydrogens is 361 g/mol. The summed E-state index contributed by atoms with van der Waals surface area (Å²) in [5, 5.41) is 5.51. The van der Waals surface area contributed by atoms with Crippen LogP contribution in [0.25, 0.3) is 0 Å². The highest BCUT2D eigenvalue weighted by molar-refractivity contribution is 5.92. The molecule has 0 atom stereocenters. The van der Waals surface area contributed by atoms with Gasteiger partial charge in [-0.2, -0.15) is 0 Å². The molecular formula is C21H20FN3O3. The lowest BCUT2D eigenvalue weighted by Crippen LogP contribution is -2.29. The molecule has 6 nitrogen and oxygen atoms in total. The molecule has 7 heteroatoms. The standard InChI is InChI=1S/C21H20FN3O3/c1-28-20(26)16-6-10-18(11-7-16)24-21(27)23-13-19-3-2-12-25(19)14-15-4-8-17(22)9-5-15/h2-12H,13-14H2,1H3,(H2,23,24,27). The number of hydrogen-bond acceptors (Lipinski definition) is 3. The lowest BCUT2D eigenvalue weighted by molar-refractivity contribution is 0.0600. The predicted molar refractivity (Wildman–Crippen MR) is 104 cm³/mol. The van der Waals surface area contributed by atoms with Crippen molar-refractivity contribution in [1.82, 2.24) is 9.88 Å². The Hall–Kier alpha value is -3.61. The second-order valence-corrected chi connectivity index (χ2v) is 6.13. The van der Waals surface area contributed by atoms with Crippen molar-refractivity contribution in [3.8, 4) is 0 Å². The minimum atomic E-state index is -0.432. The van der Waals surface area contributed by atoms with E-state index in [4.69, 9.17) is 0 Å². The Morgan fingerprint density at radius 1 is 1.04 bits per heavy atom. The molecule has 0 spiro atoms. The lowest BCUT2D eigenvalue weighted by atomic mass is 10.2. The van der Waals surface area contributed by atoms with Gasteiger partial charge >= 0.3 is 12.0 Å². The van der Waals surface area contributed by atoms with E-state index in [9.17, 15) is 14.0 Å². The first-order chi connectivity index (χ1) is 13.5. The van der Waals surface area contributed by atoms with Crippen molar-refractivity contribution >= 4 is 17.7 Å². The zero-order chi connectivity index (χ0) is 19.9. The van der Waals surface area contributed by atoms with Gasteiger partial charge in [-0.05, 0) is 54.1 Å². The fraction of sp³-hybridized carbons (Fsp3) is 0.143. The summed E-state index contributed by atoms with van der Waals surface area (Å²) in [4.78, 5) is 23.5. The smallest absolute Gasteiger partial charge is 0.337 e. The molecule has 2 aromatic carbocycles. The van der Waals surface area contributed by atoms with Crippen LogP contribution in [0, 0.1) is 5.82 Å². The zero-order valence-corrected chi connectivity index (χ0v) is 15.3. The first-order valence-electron chi connectivity index (χ1n) is 8.67. The topological polar surface area (TPSA) is 72.4 Å². The maximum Gasteiger partial charge on any atom is 0.337 e. The number of nitrogens with zero attached hydrogens (tertiary/aromatic N) is 1. The van der Waals surface area contributed by atoms with Crippen LogP contribution in [0.15, 0.2) is 66.9 Å². The summed E-state index contributed by atoms with van der Waals surface area (Å²) in [6, 6.07) is 16.2. The van der Waals surface area contributed by atoms with Crippen LogP contribution in [0.5, 0.6) is 0 Å². The molecule has 0 saturated carbocycles. The van der Waals surface area contributed by atoms with Crippen LogP contribution in [0.1, 0.15) is 21.6 Å². The van der Waals surface area contributed by atoms with Crippen molar-refractivity contribution in [2.75, 3.05) is 12.4 Å². The third-order valence-corrected chi connectivity index (χ3v) is 4.18. The van der Waals surface area contributed by atoms with Gasteiger partial charge in [0.15, 0.2) is 0 Å². The number of nitrogens with one attached hydrogen (secondary N) is 2. The number of carbonyl (C=O) groups is 2. The summed E-state index contributed by atoms with van der Waals surface area (Å²) >= 11 is 0. The van der Waals surface area contributed by atoms with E-state index in [-0.39, 0.29) is 11.8 Å². The quantitative estimate of drug-likeness (QED) is 0.638. The molecule has 3 aromatic rings. The molecule has 0 saturated heterocycles. The van der Waals surface area contributed by atoms with Gasteiger partial charge in [0.2, 0.25) is 0 Å². The van der Waals surface area contributed by atoms with Crippen LogP contribution in [-0.4, -0.2) is 23.7 Å². The van der Waals surface area contributed by atoms with Gasteiger partial charge in [0.1, 0.15) is 5.82 Å².